The molecular formula is C15H22IN. The molecule has 94 valence electrons. The largest absolute Gasteiger partial charge is 0.314 e. The highest BCUT2D eigenvalue weighted by Crippen LogP contribution is 2.34. The normalized spacial score (nSPS) is 17.1. The molecule has 1 fully saturated rings. The standard InChI is InChI=1S/C15H22IN/c1-2-9-17-15(10-12-3-4-12)11-13-5-7-14(16)8-6-13/h5-8,12,15,17H,2-4,9-11H2,1H3. The highest BCUT2D eigenvalue weighted by molar-refractivity contribution is 14.1. The Hall–Kier alpha value is -0.0900. The molecule has 0 radical (unpaired) electrons. The van der Waals surface area contributed by atoms with E-state index in [0.717, 1.165) is 12.5 Å². The number of nitrogens with one attached hydrogen (secondary N) is 1. The Morgan fingerprint density at radius 2 is 2.00 bits per heavy atom. The summed E-state index contributed by atoms with van der Waals surface area (Å²) in [6.07, 6.45) is 6.70. The third-order valence-corrected chi connectivity index (χ3v) is 4.11. The maximum atomic E-state index is 3.70. The Morgan fingerprint density at radius 3 is 2.59 bits per heavy atom. The van der Waals surface area contributed by atoms with Gasteiger partial charge in [0.2, 0.25) is 0 Å². The zero-order valence-corrected chi connectivity index (χ0v) is 12.7. The summed E-state index contributed by atoms with van der Waals surface area (Å²) < 4.78 is 1.33. The first kappa shape index (κ1) is 13.3. The summed E-state index contributed by atoms with van der Waals surface area (Å²) >= 11 is 2.37. The molecule has 1 aromatic rings. The molecular weight excluding hydrogens is 321 g/mol. The quantitative estimate of drug-likeness (QED) is 0.738. The fraction of sp³-hybridized carbons (Fsp3) is 0.600. The molecule has 1 nitrogen and oxygen atoms in total. The first-order chi connectivity index (χ1) is 8.28. The van der Waals surface area contributed by atoms with Crippen LogP contribution >= 0.6 is 22.6 Å². The number of hydrogen-bond donors (Lipinski definition) is 1. The van der Waals surface area contributed by atoms with Crippen LogP contribution in [0.15, 0.2) is 24.3 Å². The van der Waals surface area contributed by atoms with Gasteiger partial charge in [-0.15, -0.1) is 0 Å². The molecule has 2 rings (SSSR count). The second-order valence-electron chi connectivity index (χ2n) is 5.16. The van der Waals surface area contributed by atoms with E-state index in [9.17, 15) is 0 Å². The number of rotatable bonds is 7. The Labute approximate surface area is 119 Å². The van der Waals surface area contributed by atoms with Crippen LogP contribution in [0, 0.1) is 9.49 Å². The van der Waals surface area contributed by atoms with E-state index in [2.05, 4.69) is 59.1 Å². The Morgan fingerprint density at radius 1 is 1.29 bits per heavy atom. The van der Waals surface area contributed by atoms with Crippen LogP contribution in [-0.4, -0.2) is 12.6 Å². The summed E-state index contributed by atoms with van der Waals surface area (Å²) in [5.41, 5.74) is 1.47. The van der Waals surface area contributed by atoms with Crippen molar-refractivity contribution in [3.63, 3.8) is 0 Å². The third-order valence-electron chi connectivity index (χ3n) is 3.39. The van der Waals surface area contributed by atoms with Crippen molar-refractivity contribution in [2.75, 3.05) is 6.54 Å². The van der Waals surface area contributed by atoms with Crippen molar-refractivity contribution in [3.8, 4) is 0 Å². The number of hydrogen-bond acceptors (Lipinski definition) is 1. The SMILES string of the molecule is CCCNC(Cc1ccc(I)cc1)CC1CC1. The van der Waals surface area contributed by atoms with E-state index in [0.29, 0.717) is 6.04 Å². The molecule has 0 heterocycles. The minimum atomic E-state index is 0.683. The molecule has 0 amide bonds. The van der Waals surface area contributed by atoms with Gasteiger partial charge in [-0.1, -0.05) is 31.9 Å². The zero-order valence-electron chi connectivity index (χ0n) is 10.6. The van der Waals surface area contributed by atoms with Gasteiger partial charge in [-0.2, -0.15) is 0 Å². The van der Waals surface area contributed by atoms with Crippen molar-refractivity contribution in [2.45, 2.75) is 45.1 Å². The van der Waals surface area contributed by atoms with Gasteiger partial charge >= 0.3 is 0 Å². The maximum absolute atomic E-state index is 3.70. The van der Waals surface area contributed by atoms with E-state index in [1.165, 1.54) is 41.2 Å². The average molecular weight is 343 g/mol. The second kappa shape index (κ2) is 6.74. The van der Waals surface area contributed by atoms with Gasteiger partial charge < -0.3 is 5.32 Å². The highest BCUT2D eigenvalue weighted by atomic mass is 127. The van der Waals surface area contributed by atoms with Gasteiger partial charge in [-0.05, 0) is 72.0 Å². The van der Waals surface area contributed by atoms with Crippen molar-refractivity contribution < 1.29 is 0 Å². The fourth-order valence-corrected chi connectivity index (χ4v) is 2.61. The van der Waals surface area contributed by atoms with Crippen molar-refractivity contribution in [1.29, 1.82) is 0 Å². The molecule has 0 aromatic heterocycles. The van der Waals surface area contributed by atoms with Gasteiger partial charge in [0.05, 0.1) is 0 Å². The van der Waals surface area contributed by atoms with Gasteiger partial charge in [-0.25, -0.2) is 0 Å². The minimum Gasteiger partial charge on any atom is -0.314 e. The van der Waals surface area contributed by atoms with E-state index in [1.807, 2.05) is 0 Å². The van der Waals surface area contributed by atoms with Gasteiger partial charge in [0.15, 0.2) is 0 Å². The topological polar surface area (TPSA) is 12.0 Å². The molecule has 0 saturated heterocycles. The molecule has 1 saturated carbocycles. The number of halogens is 1. The first-order valence-corrected chi connectivity index (χ1v) is 7.83. The molecule has 1 unspecified atom stereocenters. The van der Waals surface area contributed by atoms with E-state index >= 15 is 0 Å². The fourth-order valence-electron chi connectivity index (χ4n) is 2.25. The molecule has 1 atom stereocenters. The van der Waals surface area contributed by atoms with Crippen LogP contribution in [0.2, 0.25) is 0 Å². The third kappa shape index (κ3) is 4.96. The molecule has 0 spiro atoms. The molecule has 2 heteroatoms. The van der Waals surface area contributed by atoms with E-state index in [1.54, 1.807) is 0 Å². The summed E-state index contributed by atoms with van der Waals surface area (Å²) in [6, 6.07) is 9.65. The Balaban J connectivity index is 1.87. The monoisotopic (exact) mass is 343 g/mol. The van der Waals surface area contributed by atoms with Crippen molar-refractivity contribution in [3.05, 3.63) is 33.4 Å². The minimum absolute atomic E-state index is 0.683. The molecule has 0 aliphatic heterocycles. The lowest BCUT2D eigenvalue weighted by atomic mass is 10.0. The van der Waals surface area contributed by atoms with Crippen LogP contribution in [0.25, 0.3) is 0 Å². The van der Waals surface area contributed by atoms with Crippen LogP contribution in [0.3, 0.4) is 0 Å². The molecule has 1 aliphatic carbocycles. The average Bonchev–Trinajstić information content (AvgIpc) is 3.13. The predicted molar refractivity (Wildman–Crippen MR) is 82.3 cm³/mol. The van der Waals surface area contributed by atoms with E-state index in [-0.39, 0.29) is 0 Å². The van der Waals surface area contributed by atoms with Gasteiger partial charge in [0.1, 0.15) is 0 Å². The van der Waals surface area contributed by atoms with Crippen molar-refractivity contribution in [2.24, 2.45) is 5.92 Å². The molecule has 0 bridgehead atoms. The molecule has 1 aromatic carbocycles. The summed E-state index contributed by atoms with van der Waals surface area (Å²) in [6.45, 7) is 3.40. The lowest BCUT2D eigenvalue weighted by molar-refractivity contribution is 0.455. The predicted octanol–water partition coefficient (Wildman–Crippen LogP) is 4.00. The van der Waals surface area contributed by atoms with Crippen LogP contribution < -0.4 is 5.32 Å². The summed E-state index contributed by atoms with van der Waals surface area (Å²) in [5, 5.41) is 3.70. The summed E-state index contributed by atoms with van der Waals surface area (Å²) in [7, 11) is 0. The summed E-state index contributed by atoms with van der Waals surface area (Å²) in [5.74, 6) is 1.01. The van der Waals surface area contributed by atoms with Crippen LogP contribution in [0.4, 0.5) is 0 Å². The van der Waals surface area contributed by atoms with Gasteiger partial charge in [-0.3, -0.25) is 0 Å². The van der Waals surface area contributed by atoms with Crippen molar-refractivity contribution in [1.82, 2.24) is 5.32 Å². The Kier molecular flexibility index (Phi) is 5.29. The van der Waals surface area contributed by atoms with E-state index in [4.69, 9.17) is 0 Å². The summed E-state index contributed by atoms with van der Waals surface area (Å²) in [4.78, 5) is 0. The van der Waals surface area contributed by atoms with Gasteiger partial charge in [0.25, 0.3) is 0 Å². The van der Waals surface area contributed by atoms with Crippen molar-refractivity contribution >= 4 is 22.6 Å². The van der Waals surface area contributed by atoms with E-state index < -0.39 is 0 Å². The van der Waals surface area contributed by atoms with Crippen LogP contribution in [0.1, 0.15) is 38.2 Å². The zero-order chi connectivity index (χ0) is 12.1. The van der Waals surface area contributed by atoms with Gasteiger partial charge in [0, 0.05) is 9.61 Å². The molecule has 1 N–H and O–H groups in total. The lowest BCUT2D eigenvalue weighted by Gasteiger charge is -2.18. The van der Waals surface area contributed by atoms with Crippen LogP contribution in [0.5, 0.6) is 0 Å². The first-order valence-electron chi connectivity index (χ1n) is 6.75. The van der Waals surface area contributed by atoms with Crippen LogP contribution in [-0.2, 0) is 6.42 Å². The molecule has 1 aliphatic rings. The maximum Gasteiger partial charge on any atom is 0.0130 e. The smallest absolute Gasteiger partial charge is 0.0130 e. The second-order valence-corrected chi connectivity index (χ2v) is 6.41. The molecule has 17 heavy (non-hydrogen) atoms. The Bertz CT molecular complexity index is 329. The lowest BCUT2D eigenvalue weighted by Crippen LogP contribution is -2.32. The highest BCUT2D eigenvalue weighted by Gasteiger charge is 2.25. The number of benzene rings is 1.